The second kappa shape index (κ2) is 1.91. The van der Waals surface area contributed by atoms with Gasteiger partial charge in [0, 0.05) is 5.92 Å². The Kier molecular flexibility index (Phi) is 1.09. The zero-order valence-electron chi connectivity index (χ0n) is 7.22. The summed E-state index contributed by atoms with van der Waals surface area (Å²) in [5.74, 6) is 4.25. The largest absolute Gasteiger partial charge is 0.0772 e. The number of allylic oxidation sites excluding steroid dienone is 2. The zero-order valence-corrected chi connectivity index (χ0v) is 7.22. The van der Waals surface area contributed by atoms with Crippen molar-refractivity contribution >= 4 is 0 Å². The molecule has 0 heterocycles. The molecule has 3 aliphatic rings. The third kappa shape index (κ3) is 0.758. The molecule has 0 aliphatic heterocycles. The van der Waals surface area contributed by atoms with Crippen molar-refractivity contribution in [3.05, 3.63) is 11.6 Å². The van der Waals surface area contributed by atoms with Crippen LogP contribution in [0.4, 0.5) is 0 Å². The fraction of sp³-hybridized carbons (Fsp3) is 0.818. The molecule has 4 atom stereocenters. The highest BCUT2D eigenvalue weighted by atomic mass is 14.5. The zero-order chi connectivity index (χ0) is 7.42. The van der Waals surface area contributed by atoms with Crippen LogP contribution in [-0.4, -0.2) is 0 Å². The average Bonchev–Trinajstić information content (AvgIpc) is 2.36. The smallest absolute Gasteiger partial charge is 0.00140 e. The molecule has 0 bridgehead atoms. The lowest BCUT2D eigenvalue weighted by Crippen LogP contribution is -2.26. The Morgan fingerprint density at radius 1 is 1.27 bits per heavy atom. The molecule has 3 aliphatic carbocycles. The van der Waals surface area contributed by atoms with Crippen LogP contribution in [0.3, 0.4) is 0 Å². The molecule has 0 amide bonds. The Hall–Kier alpha value is -0.260. The molecule has 0 aromatic heterocycles. The molecule has 3 rings (SSSR count). The van der Waals surface area contributed by atoms with Gasteiger partial charge in [-0.1, -0.05) is 31.4 Å². The third-order valence-electron chi connectivity index (χ3n) is 4.12. The Morgan fingerprint density at radius 2 is 2.18 bits per heavy atom. The number of hydrogen-bond acceptors (Lipinski definition) is 0. The summed E-state index contributed by atoms with van der Waals surface area (Å²) < 4.78 is 0. The van der Waals surface area contributed by atoms with Crippen LogP contribution in [0.5, 0.6) is 0 Å². The molecule has 60 valence electrons. The predicted molar refractivity (Wildman–Crippen MR) is 46.2 cm³/mol. The van der Waals surface area contributed by atoms with Gasteiger partial charge in [-0.15, -0.1) is 0 Å². The lowest BCUT2D eigenvalue weighted by Gasteiger charge is -2.33. The van der Waals surface area contributed by atoms with Crippen LogP contribution in [0.15, 0.2) is 11.6 Å². The van der Waals surface area contributed by atoms with Crippen molar-refractivity contribution in [3.8, 4) is 0 Å². The van der Waals surface area contributed by atoms with Gasteiger partial charge in [-0.3, -0.25) is 0 Å². The summed E-state index contributed by atoms with van der Waals surface area (Å²) in [5, 5.41) is 0. The second-order valence-corrected chi connectivity index (χ2v) is 4.71. The van der Waals surface area contributed by atoms with E-state index in [0.29, 0.717) is 0 Å². The molecule has 2 saturated carbocycles. The van der Waals surface area contributed by atoms with E-state index in [1.54, 1.807) is 5.57 Å². The highest BCUT2D eigenvalue weighted by Gasteiger charge is 2.49. The third-order valence-corrected chi connectivity index (χ3v) is 4.12. The molecule has 0 aromatic rings. The lowest BCUT2D eigenvalue weighted by molar-refractivity contribution is 0.212. The molecule has 0 aromatic carbocycles. The van der Waals surface area contributed by atoms with Crippen LogP contribution >= 0.6 is 0 Å². The summed E-state index contributed by atoms with van der Waals surface area (Å²) in [4.78, 5) is 0. The quantitative estimate of drug-likeness (QED) is 0.501. The first-order chi connectivity index (χ1) is 5.36. The van der Waals surface area contributed by atoms with Crippen molar-refractivity contribution in [2.45, 2.75) is 32.6 Å². The summed E-state index contributed by atoms with van der Waals surface area (Å²) >= 11 is 0. The van der Waals surface area contributed by atoms with E-state index < -0.39 is 0 Å². The molecule has 2 fully saturated rings. The Morgan fingerprint density at radius 3 is 2.64 bits per heavy atom. The van der Waals surface area contributed by atoms with E-state index in [-0.39, 0.29) is 0 Å². The molecule has 11 heavy (non-hydrogen) atoms. The molecule has 4 unspecified atom stereocenters. The maximum Gasteiger partial charge on any atom is 0.00140 e. The minimum Gasteiger partial charge on any atom is -0.0772 e. The Bertz CT molecular complexity index is 214. The summed E-state index contributed by atoms with van der Waals surface area (Å²) in [6.45, 7) is 2.46. The van der Waals surface area contributed by atoms with E-state index in [0.717, 1.165) is 23.7 Å². The van der Waals surface area contributed by atoms with Crippen molar-refractivity contribution in [1.82, 2.24) is 0 Å². The first-order valence-electron chi connectivity index (χ1n) is 5.07. The van der Waals surface area contributed by atoms with Crippen molar-refractivity contribution < 1.29 is 0 Å². The maximum absolute atomic E-state index is 2.50. The van der Waals surface area contributed by atoms with Crippen LogP contribution in [-0.2, 0) is 0 Å². The minimum absolute atomic E-state index is 1.01. The van der Waals surface area contributed by atoms with Gasteiger partial charge in [-0.2, -0.15) is 0 Å². The van der Waals surface area contributed by atoms with Gasteiger partial charge >= 0.3 is 0 Å². The highest BCUT2D eigenvalue weighted by molar-refractivity contribution is 5.39. The fourth-order valence-corrected chi connectivity index (χ4v) is 3.25. The Balaban J connectivity index is 1.69. The topological polar surface area (TPSA) is 0 Å². The molecular formula is C11H16. The molecule has 0 saturated heterocycles. The summed E-state index contributed by atoms with van der Waals surface area (Å²) in [5.41, 5.74) is 1.79. The van der Waals surface area contributed by atoms with Gasteiger partial charge in [0.1, 0.15) is 0 Å². The summed E-state index contributed by atoms with van der Waals surface area (Å²) in [7, 11) is 0. The van der Waals surface area contributed by atoms with E-state index in [1.807, 2.05) is 0 Å². The van der Waals surface area contributed by atoms with E-state index >= 15 is 0 Å². The van der Waals surface area contributed by atoms with Crippen molar-refractivity contribution in [2.75, 3.05) is 0 Å². The minimum atomic E-state index is 1.01. The molecular weight excluding hydrogens is 132 g/mol. The van der Waals surface area contributed by atoms with Gasteiger partial charge in [0.2, 0.25) is 0 Å². The van der Waals surface area contributed by atoms with Crippen LogP contribution in [0.2, 0.25) is 0 Å². The molecule has 0 spiro atoms. The standard InChI is InChI=1S/C11H16/c1-7-3-2-4-9(7)11-6-8-5-10(8)11/h5,7,9-11H,2-4,6H2,1H3. The Labute approximate surface area is 68.7 Å². The van der Waals surface area contributed by atoms with Crippen LogP contribution in [0, 0.1) is 23.7 Å². The van der Waals surface area contributed by atoms with E-state index in [1.165, 1.54) is 25.7 Å². The lowest BCUT2D eigenvalue weighted by atomic mass is 9.71. The van der Waals surface area contributed by atoms with Crippen LogP contribution in [0.25, 0.3) is 0 Å². The first kappa shape index (κ1) is 6.28. The van der Waals surface area contributed by atoms with Gasteiger partial charge in [0.15, 0.2) is 0 Å². The van der Waals surface area contributed by atoms with Crippen molar-refractivity contribution in [1.29, 1.82) is 0 Å². The predicted octanol–water partition coefficient (Wildman–Crippen LogP) is 3.00. The molecule has 0 radical (unpaired) electrons. The van der Waals surface area contributed by atoms with Crippen molar-refractivity contribution in [2.24, 2.45) is 23.7 Å². The van der Waals surface area contributed by atoms with Crippen LogP contribution < -0.4 is 0 Å². The van der Waals surface area contributed by atoms with E-state index in [9.17, 15) is 0 Å². The van der Waals surface area contributed by atoms with Gasteiger partial charge < -0.3 is 0 Å². The van der Waals surface area contributed by atoms with Gasteiger partial charge in [-0.25, -0.2) is 0 Å². The summed E-state index contributed by atoms with van der Waals surface area (Å²) in [6, 6.07) is 0. The second-order valence-electron chi connectivity index (χ2n) is 4.71. The van der Waals surface area contributed by atoms with Gasteiger partial charge in [0.25, 0.3) is 0 Å². The van der Waals surface area contributed by atoms with Gasteiger partial charge in [0.05, 0.1) is 0 Å². The maximum atomic E-state index is 2.50. The molecule has 0 N–H and O–H groups in total. The highest BCUT2D eigenvalue weighted by Crippen LogP contribution is 2.59. The summed E-state index contributed by atoms with van der Waals surface area (Å²) in [6.07, 6.45) is 8.51. The monoisotopic (exact) mass is 148 g/mol. The van der Waals surface area contributed by atoms with Gasteiger partial charge in [-0.05, 0) is 30.6 Å². The molecule has 0 heteroatoms. The number of rotatable bonds is 1. The fourth-order valence-electron chi connectivity index (χ4n) is 3.25. The van der Waals surface area contributed by atoms with Crippen LogP contribution in [0.1, 0.15) is 32.6 Å². The van der Waals surface area contributed by atoms with E-state index in [2.05, 4.69) is 13.0 Å². The SMILES string of the molecule is CC1CCCC1C1CC2=CC21. The average molecular weight is 148 g/mol. The first-order valence-corrected chi connectivity index (χ1v) is 5.07. The van der Waals surface area contributed by atoms with Crippen molar-refractivity contribution in [3.63, 3.8) is 0 Å². The van der Waals surface area contributed by atoms with E-state index in [4.69, 9.17) is 0 Å². The number of hydrogen-bond donors (Lipinski definition) is 0. The normalized spacial score (nSPS) is 53.0. The molecule has 0 nitrogen and oxygen atoms in total. The number of fused-ring (bicyclic) bond motifs is 1.